The quantitative estimate of drug-likeness (QED) is 0.585. The minimum atomic E-state index is -2.36. The Kier molecular flexibility index (Phi) is 5.53. The summed E-state index contributed by atoms with van der Waals surface area (Å²) in [6.07, 6.45) is -1.62. The number of halogens is 2. The number of alkyl halides is 2. The van der Waals surface area contributed by atoms with Gasteiger partial charge in [0.15, 0.2) is 0 Å². The molecule has 3 nitrogen and oxygen atoms in total. The zero-order valence-electron chi connectivity index (χ0n) is 7.02. The fourth-order valence-electron chi connectivity index (χ4n) is 0.681. The molecule has 0 aromatic heterocycles. The number of nitrogens with two attached hydrogens (primary N) is 1. The monoisotopic (exact) mass is 180 g/mol. The molecule has 0 saturated heterocycles. The van der Waals surface area contributed by atoms with Crippen LogP contribution in [0.3, 0.4) is 0 Å². The van der Waals surface area contributed by atoms with Gasteiger partial charge in [0.2, 0.25) is 5.91 Å². The molecule has 0 bridgehead atoms. The molecule has 0 aromatic rings. The molecule has 0 aliphatic rings. The van der Waals surface area contributed by atoms with Gasteiger partial charge in [-0.2, -0.15) is 0 Å². The molecule has 0 saturated carbocycles. The van der Waals surface area contributed by atoms with Crippen LogP contribution in [-0.4, -0.2) is 24.9 Å². The van der Waals surface area contributed by atoms with E-state index in [9.17, 15) is 13.6 Å². The van der Waals surface area contributed by atoms with Gasteiger partial charge in [0.1, 0.15) is 0 Å². The Balaban J connectivity index is 3.25. The smallest absolute Gasteiger partial charge is 0.253 e. The van der Waals surface area contributed by atoms with Gasteiger partial charge in [-0.3, -0.25) is 4.79 Å². The lowest BCUT2D eigenvalue weighted by molar-refractivity contribution is -0.118. The Morgan fingerprint density at radius 2 is 2.17 bits per heavy atom. The first-order chi connectivity index (χ1) is 5.54. The van der Waals surface area contributed by atoms with Crippen LogP contribution in [0.2, 0.25) is 0 Å². The summed E-state index contributed by atoms with van der Waals surface area (Å²) < 4.78 is 23.7. The molecule has 0 aromatic carbocycles. The second-order valence-electron chi connectivity index (χ2n) is 2.65. The van der Waals surface area contributed by atoms with Crippen LogP contribution in [0.15, 0.2) is 0 Å². The van der Waals surface area contributed by atoms with Crippen LogP contribution in [-0.2, 0) is 4.79 Å². The highest BCUT2D eigenvalue weighted by atomic mass is 19.3. The summed E-state index contributed by atoms with van der Waals surface area (Å²) in [5.74, 6) is -0.401. The van der Waals surface area contributed by atoms with Crippen molar-refractivity contribution in [3.8, 4) is 0 Å². The Hall–Kier alpha value is -0.710. The first kappa shape index (κ1) is 11.3. The number of amides is 1. The van der Waals surface area contributed by atoms with Crippen molar-refractivity contribution in [1.29, 1.82) is 0 Å². The minimum absolute atomic E-state index is 0.239. The molecule has 1 atom stereocenters. The Bertz CT molecular complexity index is 141. The van der Waals surface area contributed by atoms with Gasteiger partial charge in [-0.1, -0.05) is 0 Å². The van der Waals surface area contributed by atoms with E-state index in [-0.39, 0.29) is 6.42 Å². The number of carbonyl (C=O) groups is 1. The van der Waals surface area contributed by atoms with Gasteiger partial charge in [0, 0.05) is 6.42 Å². The topological polar surface area (TPSA) is 55.1 Å². The van der Waals surface area contributed by atoms with Gasteiger partial charge < -0.3 is 11.1 Å². The summed E-state index contributed by atoms with van der Waals surface area (Å²) in [7, 11) is 0. The Morgan fingerprint density at radius 1 is 1.58 bits per heavy atom. The second kappa shape index (κ2) is 5.88. The van der Waals surface area contributed by atoms with Gasteiger partial charge in [0.25, 0.3) is 6.43 Å². The number of carbonyl (C=O) groups excluding carboxylic acids is 1. The summed E-state index contributed by atoms with van der Waals surface area (Å²) >= 11 is 0. The molecule has 0 aliphatic heterocycles. The first-order valence-corrected chi connectivity index (χ1v) is 3.84. The standard InChI is InChI=1S/C7H14F2N2O/c1-5(7(8)9)11-4-2-3-6(10)12/h5,7,11H,2-4H2,1H3,(H2,10,12). The highest BCUT2D eigenvalue weighted by Gasteiger charge is 2.12. The van der Waals surface area contributed by atoms with Crippen molar-refractivity contribution >= 4 is 5.91 Å². The SMILES string of the molecule is CC(NCCCC(N)=O)C(F)F. The van der Waals surface area contributed by atoms with Crippen molar-refractivity contribution < 1.29 is 13.6 Å². The van der Waals surface area contributed by atoms with E-state index in [4.69, 9.17) is 5.73 Å². The van der Waals surface area contributed by atoms with E-state index in [1.807, 2.05) is 0 Å². The van der Waals surface area contributed by atoms with Gasteiger partial charge in [-0.25, -0.2) is 8.78 Å². The predicted octanol–water partition coefficient (Wildman–Crippen LogP) is 0.495. The molecule has 3 N–H and O–H groups in total. The lowest BCUT2D eigenvalue weighted by Gasteiger charge is -2.11. The third kappa shape index (κ3) is 6.03. The third-order valence-corrected chi connectivity index (χ3v) is 1.44. The number of rotatable bonds is 6. The van der Waals surface area contributed by atoms with E-state index < -0.39 is 18.4 Å². The zero-order valence-corrected chi connectivity index (χ0v) is 7.02. The third-order valence-electron chi connectivity index (χ3n) is 1.44. The predicted molar refractivity (Wildman–Crippen MR) is 41.9 cm³/mol. The van der Waals surface area contributed by atoms with Crippen molar-refractivity contribution in [2.75, 3.05) is 6.54 Å². The summed E-state index contributed by atoms with van der Waals surface area (Å²) in [4.78, 5) is 10.2. The molecule has 0 rings (SSSR count). The van der Waals surface area contributed by atoms with E-state index in [1.165, 1.54) is 6.92 Å². The molecule has 5 heteroatoms. The maximum atomic E-state index is 11.9. The van der Waals surface area contributed by atoms with Gasteiger partial charge >= 0.3 is 0 Å². The fraction of sp³-hybridized carbons (Fsp3) is 0.857. The number of hydrogen-bond donors (Lipinski definition) is 2. The van der Waals surface area contributed by atoms with Crippen molar-refractivity contribution in [3.63, 3.8) is 0 Å². The molecule has 0 fully saturated rings. The van der Waals surface area contributed by atoms with Crippen LogP contribution < -0.4 is 11.1 Å². The van der Waals surface area contributed by atoms with E-state index in [2.05, 4.69) is 5.32 Å². The van der Waals surface area contributed by atoms with E-state index >= 15 is 0 Å². The zero-order chi connectivity index (χ0) is 9.56. The number of primary amides is 1. The number of nitrogens with one attached hydrogen (secondary N) is 1. The van der Waals surface area contributed by atoms with Gasteiger partial charge in [-0.15, -0.1) is 0 Å². The van der Waals surface area contributed by atoms with Crippen LogP contribution in [0.5, 0.6) is 0 Å². The first-order valence-electron chi connectivity index (χ1n) is 3.84. The Labute approximate surface area is 70.3 Å². The lowest BCUT2D eigenvalue weighted by atomic mass is 10.3. The van der Waals surface area contributed by atoms with Gasteiger partial charge in [0.05, 0.1) is 6.04 Å². The highest BCUT2D eigenvalue weighted by Crippen LogP contribution is 1.99. The molecule has 12 heavy (non-hydrogen) atoms. The van der Waals surface area contributed by atoms with Crippen molar-refractivity contribution in [2.24, 2.45) is 5.73 Å². The largest absolute Gasteiger partial charge is 0.370 e. The molecule has 0 radical (unpaired) electrons. The van der Waals surface area contributed by atoms with Crippen LogP contribution >= 0.6 is 0 Å². The molecule has 0 aliphatic carbocycles. The molecule has 72 valence electrons. The van der Waals surface area contributed by atoms with Gasteiger partial charge in [-0.05, 0) is 19.9 Å². The van der Waals surface area contributed by atoms with Crippen molar-refractivity contribution in [2.45, 2.75) is 32.2 Å². The molecule has 0 heterocycles. The fourth-order valence-corrected chi connectivity index (χ4v) is 0.681. The average Bonchev–Trinajstić information content (AvgIpc) is 1.97. The van der Waals surface area contributed by atoms with Crippen molar-refractivity contribution in [1.82, 2.24) is 5.32 Å². The summed E-state index contributed by atoms with van der Waals surface area (Å²) in [6.45, 7) is 1.80. The van der Waals surface area contributed by atoms with E-state index in [0.717, 1.165) is 0 Å². The maximum absolute atomic E-state index is 11.9. The van der Waals surface area contributed by atoms with Crippen LogP contribution in [0, 0.1) is 0 Å². The maximum Gasteiger partial charge on any atom is 0.253 e. The average molecular weight is 180 g/mol. The number of hydrogen-bond acceptors (Lipinski definition) is 2. The molecular weight excluding hydrogens is 166 g/mol. The lowest BCUT2D eigenvalue weighted by Crippen LogP contribution is -2.33. The second-order valence-corrected chi connectivity index (χ2v) is 2.65. The van der Waals surface area contributed by atoms with E-state index in [1.54, 1.807) is 0 Å². The summed E-state index contributed by atoms with van der Waals surface area (Å²) in [6, 6.07) is -0.821. The minimum Gasteiger partial charge on any atom is -0.370 e. The van der Waals surface area contributed by atoms with Crippen molar-refractivity contribution in [3.05, 3.63) is 0 Å². The molecular formula is C7H14F2N2O. The Morgan fingerprint density at radius 3 is 2.58 bits per heavy atom. The van der Waals surface area contributed by atoms with Crippen LogP contribution in [0.25, 0.3) is 0 Å². The van der Waals surface area contributed by atoms with Crippen LogP contribution in [0.4, 0.5) is 8.78 Å². The summed E-state index contributed by atoms with van der Waals surface area (Å²) in [5, 5.41) is 2.58. The molecule has 1 amide bonds. The summed E-state index contributed by atoms with van der Waals surface area (Å²) in [5.41, 5.74) is 4.85. The molecule has 0 spiro atoms. The molecule has 1 unspecified atom stereocenters. The highest BCUT2D eigenvalue weighted by molar-refractivity contribution is 5.73. The van der Waals surface area contributed by atoms with Crippen LogP contribution in [0.1, 0.15) is 19.8 Å². The normalized spacial score (nSPS) is 13.3. The van der Waals surface area contributed by atoms with E-state index in [0.29, 0.717) is 13.0 Å².